The number of hydrogen-bond acceptors (Lipinski definition) is 2. The van der Waals surface area contributed by atoms with E-state index in [4.69, 9.17) is 0 Å². The lowest BCUT2D eigenvalue weighted by Gasteiger charge is -2.20. The minimum atomic E-state index is -0.558. The zero-order valence-electron chi connectivity index (χ0n) is 8.13. The molecule has 0 radical (unpaired) electrons. The number of hydrogen-bond donors (Lipinski definition) is 1. The maximum Gasteiger partial charge on any atom is 0.150 e. The maximum atomic E-state index is 13.5. The highest BCUT2D eigenvalue weighted by atomic mass is 32.2. The number of halogens is 2. The Balaban J connectivity index is 2.15. The Morgan fingerprint density at radius 3 is 2.69 bits per heavy atom. The molecule has 16 heavy (non-hydrogen) atoms. The summed E-state index contributed by atoms with van der Waals surface area (Å²) in [5.74, 6) is -1.11. The minimum Gasteiger partial charge on any atom is -0.351 e. The van der Waals surface area contributed by atoms with E-state index in [0.717, 1.165) is 16.6 Å². The average Bonchev–Trinajstić information content (AvgIpc) is 2.27. The molecule has 1 heterocycles. The van der Waals surface area contributed by atoms with Gasteiger partial charge in [-0.2, -0.15) is 0 Å². The second-order valence-corrected chi connectivity index (χ2v) is 4.57. The molecule has 1 aliphatic heterocycles. The number of benzene rings is 2. The van der Waals surface area contributed by atoms with Crippen molar-refractivity contribution in [3.05, 3.63) is 48.0 Å². The van der Waals surface area contributed by atoms with Crippen molar-refractivity contribution in [3.63, 3.8) is 0 Å². The van der Waals surface area contributed by atoms with E-state index in [1.165, 1.54) is 17.8 Å². The monoisotopic (exact) mass is 235 g/mol. The average molecular weight is 235 g/mol. The van der Waals surface area contributed by atoms with Gasteiger partial charge < -0.3 is 5.32 Å². The molecule has 1 nitrogen and oxygen atoms in total. The molecule has 0 bridgehead atoms. The van der Waals surface area contributed by atoms with Crippen LogP contribution in [0.2, 0.25) is 0 Å². The van der Waals surface area contributed by atoms with Crippen LogP contribution in [0.25, 0.3) is 0 Å². The van der Waals surface area contributed by atoms with E-state index >= 15 is 0 Å². The fourth-order valence-electron chi connectivity index (χ4n) is 1.66. The molecule has 0 unspecified atom stereocenters. The predicted molar refractivity (Wildman–Crippen MR) is 60.2 cm³/mol. The van der Waals surface area contributed by atoms with Crippen LogP contribution < -0.4 is 5.32 Å². The van der Waals surface area contributed by atoms with Gasteiger partial charge in [-0.1, -0.05) is 23.9 Å². The van der Waals surface area contributed by atoms with Gasteiger partial charge >= 0.3 is 0 Å². The molecule has 0 atom stereocenters. The van der Waals surface area contributed by atoms with Gasteiger partial charge in [0, 0.05) is 15.9 Å². The number of para-hydroxylation sites is 1. The van der Waals surface area contributed by atoms with Crippen molar-refractivity contribution < 1.29 is 8.78 Å². The number of anilines is 2. The third kappa shape index (κ3) is 1.46. The molecule has 3 rings (SSSR count). The molecule has 0 aliphatic carbocycles. The van der Waals surface area contributed by atoms with Crippen LogP contribution in [0, 0.1) is 11.6 Å². The zero-order chi connectivity index (χ0) is 11.1. The van der Waals surface area contributed by atoms with Crippen molar-refractivity contribution in [2.75, 3.05) is 5.32 Å². The van der Waals surface area contributed by atoms with Crippen molar-refractivity contribution in [3.8, 4) is 0 Å². The van der Waals surface area contributed by atoms with Gasteiger partial charge in [-0.3, -0.25) is 0 Å². The van der Waals surface area contributed by atoms with E-state index in [1.807, 2.05) is 24.3 Å². The van der Waals surface area contributed by atoms with Crippen LogP contribution in [0.1, 0.15) is 0 Å². The number of nitrogens with one attached hydrogen (secondary N) is 1. The van der Waals surface area contributed by atoms with E-state index in [9.17, 15) is 8.78 Å². The first kappa shape index (κ1) is 9.66. The largest absolute Gasteiger partial charge is 0.351 e. The molecule has 0 saturated carbocycles. The highest BCUT2D eigenvalue weighted by Crippen LogP contribution is 2.45. The lowest BCUT2D eigenvalue weighted by atomic mass is 10.2. The van der Waals surface area contributed by atoms with Gasteiger partial charge in [-0.15, -0.1) is 0 Å². The second-order valence-electron chi connectivity index (χ2n) is 3.48. The van der Waals surface area contributed by atoms with Gasteiger partial charge in [-0.05, 0) is 18.2 Å². The minimum absolute atomic E-state index is 0.352. The Labute approximate surface area is 95.5 Å². The third-order valence-electron chi connectivity index (χ3n) is 2.39. The first-order valence-electron chi connectivity index (χ1n) is 4.77. The SMILES string of the molecule is Fc1cc(F)c2c(c1)Sc1ccccc1N2. The van der Waals surface area contributed by atoms with Crippen LogP contribution in [0.3, 0.4) is 0 Å². The van der Waals surface area contributed by atoms with Crippen molar-refractivity contribution in [2.45, 2.75) is 9.79 Å². The fourth-order valence-corrected chi connectivity index (χ4v) is 2.70. The molecule has 0 saturated heterocycles. The van der Waals surface area contributed by atoms with Crippen LogP contribution >= 0.6 is 11.8 Å². The lowest BCUT2D eigenvalue weighted by molar-refractivity contribution is 0.580. The summed E-state index contributed by atoms with van der Waals surface area (Å²) in [5, 5.41) is 2.97. The summed E-state index contributed by atoms with van der Waals surface area (Å²) >= 11 is 1.37. The van der Waals surface area contributed by atoms with Crippen molar-refractivity contribution >= 4 is 23.1 Å². The maximum absolute atomic E-state index is 13.5. The Bertz CT molecular complexity index is 569. The summed E-state index contributed by atoms with van der Waals surface area (Å²) < 4.78 is 26.6. The zero-order valence-corrected chi connectivity index (χ0v) is 8.94. The van der Waals surface area contributed by atoms with E-state index in [0.29, 0.717) is 10.6 Å². The summed E-state index contributed by atoms with van der Waals surface area (Å²) in [6, 6.07) is 9.78. The molecular weight excluding hydrogens is 228 g/mol. The van der Waals surface area contributed by atoms with Gasteiger partial charge in [0.05, 0.1) is 11.4 Å². The highest BCUT2D eigenvalue weighted by molar-refractivity contribution is 7.99. The van der Waals surface area contributed by atoms with Crippen LogP contribution in [0.15, 0.2) is 46.2 Å². The Kier molecular flexibility index (Phi) is 2.11. The highest BCUT2D eigenvalue weighted by Gasteiger charge is 2.19. The topological polar surface area (TPSA) is 12.0 Å². The molecule has 2 aromatic carbocycles. The van der Waals surface area contributed by atoms with Gasteiger partial charge in [0.1, 0.15) is 5.82 Å². The van der Waals surface area contributed by atoms with Crippen LogP contribution in [0.5, 0.6) is 0 Å². The van der Waals surface area contributed by atoms with Crippen molar-refractivity contribution in [1.82, 2.24) is 0 Å². The van der Waals surface area contributed by atoms with Gasteiger partial charge in [-0.25, -0.2) is 8.78 Å². The first-order chi connectivity index (χ1) is 7.74. The standard InChI is InChI=1S/C12H7F2NS/c13-7-5-8(14)12-11(6-7)16-10-4-2-1-3-9(10)15-12/h1-6,15H. The molecule has 80 valence electrons. The predicted octanol–water partition coefficient (Wildman–Crippen LogP) is 4.17. The summed E-state index contributed by atoms with van der Waals surface area (Å²) in [7, 11) is 0. The Morgan fingerprint density at radius 2 is 1.81 bits per heavy atom. The normalized spacial score (nSPS) is 12.6. The number of rotatable bonds is 0. The molecule has 1 aliphatic rings. The molecule has 0 fully saturated rings. The van der Waals surface area contributed by atoms with E-state index in [1.54, 1.807) is 0 Å². The van der Waals surface area contributed by atoms with Crippen LogP contribution in [0.4, 0.5) is 20.2 Å². The van der Waals surface area contributed by atoms with Crippen LogP contribution in [-0.4, -0.2) is 0 Å². The molecule has 0 aromatic heterocycles. The first-order valence-corrected chi connectivity index (χ1v) is 5.58. The molecule has 0 amide bonds. The van der Waals surface area contributed by atoms with E-state index in [2.05, 4.69) is 5.32 Å². The number of fused-ring (bicyclic) bond motifs is 2. The smallest absolute Gasteiger partial charge is 0.150 e. The molecule has 4 heteroatoms. The quantitative estimate of drug-likeness (QED) is 0.627. The van der Waals surface area contributed by atoms with Gasteiger partial charge in [0.2, 0.25) is 0 Å². The molecule has 0 spiro atoms. The molecule has 2 aromatic rings. The second kappa shape index (κ2) is 3.49. The molecular formula is C12H7F2NS. The fraction of sp³-hybridized carbons (Fsp3) is 0. The molecule has 1 N–H and O–H groups in total. The Morgan fingerprint density at radius 1 is 1.00 bits per heavy atom. The van der Waals surface area contributed by atoms with Crippen molar-refractivity contribution in [2.24, 2.45) is 0 Å². The summed E-state index contributed by atoms with van der Waals surface area (Å²) in [4.78, 5) is 1.55. The third-order valence-corrected chi connectivity index (χ3v) is 3.50. The summed E-state index contributed by atoms with van der Waals surface area (Å²) in [6.45, 7) is 0. The Hall–Kier alpha value is -1.55. The summed E-state index contributed by atoms with van der Waals surface area (Å²) in [5.41, 5.74) is 1.20. The van der Waals surface area contributed by atoms with Gasteiger partial charge in [0.15, 0.2) is 5.82 Å². The lowest BCUT2D eigenvalue weighted by Crippen LogP contribution is -2.02. The van der Waals surface area contributed by atoms with Gasteiger partial charge in [0.25, 0.3) is 0 Å². The van der Waals surface area contributed by atoms with E-state index < -0.39 is 11.6 Å². The van der Waals surface area contributed by atoms with Crippen molar-refractivity contribution in [1.29, 1.82) is 0 Å². The van der Waals surface area contributed by atoms with Crippen LogP contribution in [-0.2, 0) is 0 Å². The summed E-state index contributed by atoms with van der Waals surface area (Å²) in [6.07, 6.45) is 0. The van der Waals surface area contributed by atoms with E-state index in [-0.39, 0.29) is 0 Å².